The predicted molar refractivity (Wildman–Crippen MR) is 138 cm³/mol. The molecule has 0 radical (unpaired) electrons. The molecule has 0 heterocycles. The van der Waals surface area contributed by atoms with Crippen LogP contribution in [-0.4, -0.2) is 39.1 Å². The van der Waals surface area contributed by atoms with Crippen LogP contribution in [0.25, 0.3) is 0 Å². The molecule has 0 unspecified atom stereocenters. The van der Waals surface area contributed by atoms with Gasteiger partial charge in [0.05, 0.1) is 28.4 Å². The molecule has 0 aliphatic rings. The van der Waals surface area contributed by atoms with Crippen molar-refractivity contribution in [1.29, 1.82) is 0 Å². The minimum atomic E-state index is 0.721. The monoisotopic (exact) mass is 564 g/mol. The van der Waals surface area contributed by atoms with Crippen molar-refractivity contribution >= 4 is 31.9 Å². The first-order valence-electron chi connectivity index (χ1n) is 10.3. The van der Waals surface area contributed by atoms with Gasteiger partial charge in [-0.3, -0.25) is 0 Å². The third kappa shape index (κ3) is 7.50. The van der Waals surface area contributed by atoms with Crippen molar-refractivity contribution in [3.8, 4) is 34.8 Å². The standard InChI is InChI=1S/C26H30Br2O4/c1-29-23-10-8-19(17-25(23)31-3)15-21(7-5-6-13-27)22(12-14-28)16-20-9-11-24(30-2)26(18-20)32-4/h8-11,17-18H,6,12-16H2,1-4H3/b22-21+. The summed E-state index contributed by atoms with van der Waals surface area (Å²) in [6, 6.07) is 12.1. The summed E-state index contributed by atoms with van der Waals surface area (Å²) in [5.74, 6) is 9.64. The quantitative estimate of drug-likeness (QED) is 0.234. The average Bonchev–Trinajstić information content (AvgIpc) is 2.83. The molecule has 0 amide bonds. The molecule has 0 N–H and O–H groups in total. The molecular weight excluding hydrogens is 536 g/mol. The van der Waals surface area contributed by atoms with Crippen molar-refractivity contribution in [1.82, 2.24) is 0 Å². The molecule has 0 bridgehead atoms. The van der Waals surface area contributed by atoms with Gasteiger partial charge in [-0.1, -0.05) is 61.4 Å². The molecule has 0 fully saturated rings. The van der Waals surface area contributed by atoms with E-state index in [0.29, 0.717) is 0 Å². The van der Waals surface area contributed by atoms with Gasteiger partial charge in [-0.25, -0.2) is 0 Å². The van der Waals surface area contributed by atoms with Crippen LogP contribution in [0, 0.1) is 11.8 Å². The van der Waals surface area contributed by atoms with Crippen molar-refractivity contribution in [3.63, 3.8) is 0 Å². The summed E-state index contributed by atoms with van der Waals surface area (Å²) in [5, 5.41) is 1.72. The van der Waals surface area contributed by atoms with Crippen LogP contribution >= 0.6 is 31.9 Å². The Hall–Kier alpha value is -2.10. The van der Waals surface area contributed by atoms with Crippen LogP contribution in [0.5, 0.6) is 23.0 Å². The predicted octanol–water partition coefficient (Wildman–Crippen LogP) is 6.38. The van der Waals surface area contributed by atoms with Crippen LogP contribution in [0.3, 0.4) is 0 Å². The van der Waals surface area contributed by atoms with E-state index < -0.39 is 0 Å². The Morgan fingerprint density at radius 3 is 1.72 bits per heavy atom. The van der Waals surface area contributed by atoms with Crippen molar-refractivity contribution < 1.29 is 18.9 Å². The first-order chi connectivity index (χ1) is 15.6. The lowest BCUT2D eigenvalue weighted by molar-refractivity contribution is 0.354. The second-order valence-electron chi connectivity index (χ2n) is 6.99. The number of halogens is 2. The van der Waals surface area contributed by atoms with Crippen LogP contribution in [-0.2, 0) is 12.8 Å². The summed E-state index contributed by atoms with van der Waals surface area (Å²) in [6.45, 7) is 0. The number of benzene rings is 2. The Balaban J connectivity index is 2.46. The number of alkyl halides is 2. The molecule has 0 aliphatic heterocycles. The molecule has 2 aromatic rings. The number of ether oxygens (including phenoxy) is 4. The molecule has 0 aromatic heterocycles. The van der Waals surface area contributed by atoms with E-state index in [1.165, 1.54) is 5.57 Å². The Morgan fingerprint density at radius 1 is 0.719 bits per heavy atom. The van der Waals surface area contributed by atoms with Gasteiger partial charge in [-0.15, -0.1) is 0 Å². The fraction of sp³-hybridized carbons (Fsp3) is 0.385. The SMILES string of the molecule is COc1ccc(C/C(C#CCCBr)=C(\CCBr)Cc2ccc(OC)c(OC)c2)cc1OC. The van der Waals surface area contributed by atoms with Crippen LogP contribution in [0.2, 0.25) is 0 Å². The minimum absolute atomic E-state index is 0.721. The summed E-state index contributed by atoms with van der Waals surface area (Å²) in [5.41, 5.74) is 4.72. The first-order valence-corrected chi connectivity index (χ1v) is 12.6. The highest BCUT2D eigenvalue weighted by molar-refractivity contribution is 9.09. The van der Waals surface area contributed by atoms with Gasteiger partial charge in [0.15, 0.2) is 23.0 Å². The van der Waals surface area contributed by atoms with Gasteiger partial charge in [0.25, 0.3) is 0 Å². The summed E-state index contributed by atoms with van der Waals surface area (Å²) >= 11 is 7.09. The molecule has 2 aromatic carbocycles. The van der Waals surface area contributed by atoms with Crippen molar-refractivity contribution in [2.75, 3.05) is 39.1 Å². The fourth-order valence-corrected chi connectivity index (χ4v) is 4.04. The molecule has 6 heteroatoms. The van der Waals surface area contributed by atoms with E-state index in [9.17, 15) is 0 Å². The second kappa shape index (κ2) is 14.1. The minimum Gasteiger partial charge on any atom is -0.493 e. The molecule has 0 atom stereocenters. The van der Waals surface area contributed by atoms with E-state index in [1.54, 1.807) is 28.4 Å². The zero-order valence-corrected chi connectivity index (χ0v) is 22.3. The number of allylic oxidation sites excluding steroid dienone is 2. The van der Waals surface area contributed by atoms with E-state index >= 15 is 0 Å². The van der Waals surface area contributed by atoms with Crippen LogP contribution in [0.15, 0.2) is 47.5 Å². The van der Waals surface area contributed by atoms with Gasteiger partial charge in [0.2, 0.25) is 0 Å². The van der Waals surface area contributed by atoms with Gasteiger partial charge in [-0.2, -0.15) is 0 Å². The van der Waals surface area contributed by atoms with Gasteiger partial charge >= 0.3 is 0 Å². The number of rotatable bonds is 11. The Kier molecular flexibility index (Phi) is 11.5. The zero-order valence-electron chi connectivity index (χ0n) is 19.1. The molecule has 32 heavy (non-hydrogen) atoms. The summed E-state index contributed by atoms with van der Waals surface area (Å²) < 4.78 is 21.7. The van der Waals surface area contributed by atoms with Crippen molar-refractivity contribution in [2.45, 2.75) is 25.7 Å². The van der Waals surface area contributed by atoms with Gasteiger partial charge < -0.3 is 18.9 Å². The van der Waals surface area contributed by atoms with E-state index in [2.05, 4.69) is 55.8 Å². The smallest absolute Gasteiger partial charge is 0.160 e. The molecular formula is C26H30Br2O4. The number of hydrogen-bond donors (Lipinski definition) is 0. The highest BCUT2D eigenvalue weighted by atomic mass is 79.9. The van der Waals surface area contributed by atoms with Crippen molar-refractivity contribution in [3.05, 3.63) is 58.7 Å². The van der Waals surface area contributed by atoms with E-state index in [0.717, 1.165) is 76.0 Å². The second-order valence-corrected chi connectivity index (χ2v) is 8.58. The zero-order chi connectivity index (χ0) is 23.3. The first kappa shape index (κ1) is 26.2. The largest absolute Gasteiger partial charge is 0.493 e. The molecule has 172 valence electrons. The molecule has 0 aliphatic carbocycles. The van der Waals surface area contributed by atoms with E-state index in [-0.39, 0.29) is 0 Å². The summed E-state index contributed by atoms with van der Waals surface area (Å²) in [6.07, 6.45) is 3.22. The van der Waals surface area contributed by atoms with Gasteiger partial charge in [0.1, 0.15) is 0 Å². The number of hydrogen-bond acceptors (Lipinski definition) is 4. The van der Waals surface area contributed by atoms with E-state index in [1.807, 2.05) is 24.3 Å². The normalized spacial score (nSPS) is 11.2. The highest BCUT2D eigenvalue weighted by Crippen LogP contribution is 2.31. The lowest BCUT2D eigenvalue weighted by Crippen LogP contribution is -2.02. The maximum atomic E-state index is 5.49. The van der Waals surface area contributed by atoms with Crippen molar-refractivity contribution in [2.24, 2.45) is 0 Å². The van der Waals surface area contributed by atoms with E-state index in [4.69, 9.17) is 18.9 Å². The third-order valence-corrected chi connectivity index (χ3v) is 5.77. The van der Waals surface area contributed by atoms with Crippen LogP contribution in [0.4, 0.5) is 0 Å². The topological polar surface area (TPSA) is 36.9 Å². The summed E-state index contributed by atoms with van der Waals surface area (Å²) in [4.78, 5) is 0. The average molecular weight is 566 g/mol. The third-order valence-electron chi connectivity index (χ3n) is 4.98. The lowest BCUT2D eigenvalue weighted by Gasteiger charge is -2.15. The Bertz CT molecular complexity index is 974. The van der Waals surface area contributed by atoms with Crippen LogP contribution in [0.1, 0.15) is 24.0 Å². The maximum absolute atomic E-state index is 5.49. The van der Waals surface area contributed by atoms with Gasteiger partial charge in [-0.05, 0) is 48.2 Å². The number of methoxy groups -OCH3 is 4. The highest BCUT2D eigenvalue weighted by Gasteiger charge is 2.12. The fourth-order valence-electron chi connectivity index (χ4n) is 3.37. The lowest BCUT2D eigenvalue weighted by atomic mass is 9.93. The maximum Gasteiger partial charge on any atom is 0.160 e. The van der Waals surface area contributed by atoms with Crippen LogP contribution < -0.4 is 18.9 Å². The Labute approximate surface area is 208 Å². The molecule has 2 rings (SSSR count). The molecule has 0 saturated heterocycles. The molecule has 4 nitrogen and oxygen atoms in total. The summed E-state index contributed by atoms with van der Waals surface area (Å²) in [7, 11) is 6.60. The molecule has 0 spiro atoms. The molecule has 0 saturated carbocycles. The van der Waals surface area contributed by atoms with Gasteiger partial charge in [0, 0.05) is 29.1 Å². The Morgan fingerprint density at radius 2 is 1.25 bits per heavy atom.